The van der Waals surface area contributed by atoms with E-state index in [1.165, 1.54) is 0 Å². The first kappa shape index (κ1) is 14.9. The summed E-state index contributed by atoms with van der Waals surface area (Å²) in [7, 11) is 0. The lowest BCUT2D eigenvalue weighted by Gasteiger charge is -2.07. The highest BCUT2D eigenvalue weighted by Gasteiger charge is 2.06. The summed E-state index contributed by atoms with van der Waals surface area (Å²) in [6.07, 6.45) is 0.971. The number of amides is 1. The van der Waals surface area contributed by atoms with Crippen molar-refractivity contribution in [3.8, 4) is 5.75 Å². The Morgan fingerprint density at radius 1 is 1.17 bits per heavy atom. The summed E-state index contributed by atoms with van der Waals surface area (Å²) in [5, 5.41) is 2.78. The number of benzene rings is 2. The van der Waals surface area contributed by atoms with Crippen molar-refractivity contribution in [3.63, 3.8) is 0 Å². The van der Waals surface area contributed by atoms with Crippen LogP contribution in [0.4, 0.5) is 5.69 Å². The monoisotopic (exact) mass is 312 g/mol. The van der Waals surface area contributed by atoms with Crippen LogP contribution < -0.4 is 15.8 Å². The van der Waals surface area contributed by atoms with Gasteiger partial charge in [-0.25, -0.2) is 4.79 Å². The van der Waals surface area contributed by atoms with E-state index in [0.29, 0.717) is 36.2 Å². The fourth-order valence-corrected chi connectivity index (χ4v) is 2.19. The molecule has 1 amide bonds. The Labute approximate surface area is 132 Å². The number of anilines is 1. The Morgan fingerprint density at radius 3 is 2.83 bits per heavy atom. The van der Waals surface area contributed by atoms with Crippen LogP contribution in [0.15, 0.2) is 57.7 Å². The van der Waals surface area contributed by atoms with Crippen LogP contribution in [0.5, 0.6) is 5.75 Å². The van der Waals surface area contributed by atoms with Crippen LogP contribution in [-0.4, -0.2) is 17.5 Å². The van der Waals surface area contributed by atoms with E-state index < -0.39 is 5.76 Å². The Kier molecular flexibility index (Phi) is 4.42. The number of carbonyl (C=O) groups is 1. The molecule has 1 aromatic heterocycles. The Morgan fingerprint density at radius 2 is 2.00 bits per heavy atom. The van der Waals surface area contributed by atoms with Crippen molar-refractivity contribution >= 4 is 22.7 Å². The average Bonchev–Trinajstić information content (AvgIpc) is 2.92. The highest BCUT2D eigenvalue weighted by molar-refractivity contribution is 5.92. The smallest absolute Gasteiger partial charge is 0.417 e. The summed E-state index contributed by atoms with van der Waals surface area (Å²) >= 11 is 0. The number of H-pyrrole nitrogens is 1. The van der Waals surface area contributed by atoms with Crippen LogP contribution in [0.1, 0.15) is 12.8 Å². The summed E-state index contributed by atoms with van der Waals surface area (Å²) < 4.78 is 10.4. The molecule has 0 bridgehead atoms. The first-order valence-corrected chi connectivity index (χ1v) is 7.31. The van der Waals surface area contributed by atoms with Gasteiger partial charge in [-0.3, -0.25) is 9.78 Å². The summed E-state index contributed by atoms with van der Waals surface area (Å²) in [5.74, 6) is 0.177. The molecule has 0 aliphatic carbocycles. The second-order valence-corrected chi connectivity index (χ2v) is 5.04. The third kappa shape index (κ3) is 4.00. The van der Waals surface area contributed by atoms with E-state index in [1.807, 2.05) is 30.3 Å². The van der Waals surface area contributed by atoms with Gasteiger partial charge in [0, 0.05) is 12.1 Å². The third-order valence-corrected chi connectivity index (χ3v) is 3.26. The lowest BCUT2D eigenvalue weighted by molar-refractivity contribution is -0.116. The molecule has 3 aromatic rings. The minimum atomic E-state index is -0.512. The zero-order valence-electron chi connectivity index (χ0n) is 12.4. The quantitative estimate of drug-likeness (QED) is 0.685. The number of nitrogens with one attached hydrogen (secondary N) is 2. The molecule has 1 heterocycles. The molecule has 2 aromatic carbocycles. The summed E-state index contributed by atoms with van der Waals surface area (Å²) in [5.41, 5.74) is 1.63. The van der Waals surface area contributed by atoms with Gasteiger partial charge in [0.25, 0.3) is 0 Å². The topological polar surface area (TPSA) is 84.3 Å². The standard InChI is InChI=1S/C17H16N2O4/c20-16(7-4-10-22-13-5-2-1-3-6-13)18-12-8-9-15-14(11-12)19-17(21)23-15/h1-3,5-6,8-9,11H,4,7,10H2,(H,18,20)(H,19,21). The lowest BCUT2D eigenvalue weighted by Crippen LogP contribution is -2.12. The van der Waals surface area contributed by atoms with Crippen molar-refractivity contribution < 1.29 is 13.9 Å². The van der Waals surface area contributed by atoms with Gasteiger partial charge in [0.1, 0.15) is 5.75 Å². The molecule has 0 aliphatic heterocycles. The molecule has 3 rings (SSSR count). The summed E-state index contributed by atoms with van der Waals surface area (Å²) in [6, 6.07) is 14.5. The Bertz CT molecular complexity index is 852. The predicted octanol–water partition coefficient (Wildman–Crippen LogP) is 2.92. The molecule has 0 saturated carbocycles. The predicted molar refractivity (Wildman–Crippen MR) is 86.6 cm³/mol. The first-order valence-electron chi connectivity index (χ1n) is 7.31. The molecule has 0 unspecified atom stereocenters. The van der Waals surface area contributed by atoms with Crippen molar-refractivity contribution in [3.05, 3.63) is 59.1 Å². The number of carbonyl (C=O) groups excluding carboxylic acids is 1. The Balaban J connectivity index is 1.47. The fraction of sp³-hybridized carbons (Fsp3) is 0.176. The number of oxazole rings is 1. The second-order valence-electron chi connectivity index (χ2n) is 5.04. The van der Waals surface area contributed by atoms with Crippen LogP contribution in [0.2, 0.25) is 0 Å². The average molecular weight is 312 g/mol. The van der Waals surface area contributed by atoms with E-state index in [1.54, 1.807) is 18.2 Å². The van der Waals surface area contributed by atoms with Gasteiger partial charge in [0.05, 0.1) is 12.1 Å². The minimum absolute atomic E-state index is 0.105. The second kappa shape index (κ2) is 6.83. The van der Waals surface area contributed by atoms with Gasteiger partial charge in [-0.15, -0.1) is 0 Å². The van der Waals surface area contributed by atoms with Gasteiger partial charge in [-0.1, -0.05) is 18.2 Å². The maximum absolute atomic E-state index is 11.9. The normalized spacial score (nSPS) is 10.6. The minimum Gasteiger partial charge on any atom is -0.494 e. The van der Waals surface area contributed by atoms with Crippen LogP contribution in [0.25, 0.3) is 11.1 Å². The molecule has 2 N–H and O–H groups in total. The molecular formula is C17H16N2O4. The lowest BCUT2D eigenvalue weighted by atomic mass is 10.2. The molecule has 6 heteroatoms. The van der Waals surface area contributed by atoms with E-state index in [2.05, 4.69) is 10.3 Å². The van der Waals surface area contributed by atoms with Gasteiger partial charge >= 0.3 is 5.76 Å². The van der Waals surface area contributed by atoms with E-state index in [9.17, 15) is 9.59 Å². The highest BCUT2D eigenvalue weighted by Crippen LogP contribution is 2.16. The molecule has 0 atom stereocenters. The molecule has 118 valence electrons. The SMILES string of the molecule is O=C(CCCOc1ccccc1)Nc1ccc2oc(=O)[nH]c2c1. The number of rotatable bonds is 6. The van der Waals surface area contributed by atoms with Gasteiger partial charge in [-0.2, -0.15) is 0 Å². The van der Waals surface area contributed by atoms with Crippen LogP contribution in [-0.2, 0) is 4.79 Å². The van der Waals surface area contributed by atoms with Crippen molar-refractivity contribution in [1.29, 1.82) is 0 Å². The maximum Gasteiger partial charge on any atom is 0.417 e. The van der Waals surface area contributed by atoms with E-state index in [-0.39, 0.29) is 5.91 Å². The van der Waals surface area contributed by atoms with Gasteiger partial charge in [-0.05, 0) is 36.8 Å². The number of hydrogen-bond donors (Lipinski definition) is 2. The van der Waals surface area contributed by atoms with Crippen LogP contribution in [0, 0.1) is 0 Å². The molecular weight excluding hydrogens is 296 g/mol. The van der Waals surface area contributed by atoms with Gasteiger partial charge < -0.3 is 14.5 Å². The van der Waals surface area contributed by atoms with Crippen LogP contribution >= 0.6 is 0 Å². The molecule has 0 aliphatic rings. The molecule has 0 radical (unpaired) electrons. The van der Waals surface area contributed by atoms with Crippen molar-refractivity contribution in [2.75, 3.05) is 11.9 Å². The zero-order valence-corrected chi connectivity index (χ0v) is 12.4. The van der Waals surface area contributed by atoms with Crippen molar-refractivity contribution in [2.24, 2.45) is 0 Å². The summed E-state index contributed by atoms with van der Waals surface area (Å²) in [6.45, 7) is 0.478. The molecule has 23 heavy (non-hydrogen) atoms. The van der Waals surface area contributed by atoms with Crippen molar-refractivity contribution in [2.45, 2.75) is 12.8 Å². The number of aromatic nitrogens is 1. The van der Waals surface area contributed by atoms with E-state index >= 15 is 0 Å². The number of hydrogen-bond acceptors (Lipinski definition) is 4. The fourth-order valence-electron chi connectivity index (χ4n) is 2.19. The number of fused-ring (bicyclic) bond motifs is 1. The maximum atomic E-state index is 11.9. The third-order valence-electron chi connectivity index (χ3n) is 3.26. The van der Waals surface area contributed by atoms with E-state index in [4.69, 9.17) is 9.15 Å². The molecule has 0 saturated heterocycles. The van der Waals surface area contributed by atoms with E-state index in [0.717, 1.165) is 5.75 Å². The molecule has 6 nitrogen and oxygen atoms in total. The zero-order chi connectivity index (χ0) is 16.1. The number of para-hydroxylation sites is 1. The molecule has 0 fully saturated rings. The highest BCUT2D eigenvalue weighted by atomic mass is 16.5. The van der Waals surface area contributed by atoms with Gasteiger partial charge in [0.15, 0.2) is 5.58 Å². The number of ether oxygens (including phenoxy) is 1. The summed E-state index contributed by atoms with van der Waals surface area (Å²) in [4.78, 5) is 25.5. The van der Waals surface area contributed by atoms with Crippen LogP contribution in [0.3, 0.4) is 0 Å². The number of aromatic amines is 1. The molecule has 0 spiro atoms. The Hall–Kier alpha value is -3.02. The van der Waals surface area contributed by atoms with Crippen molar-refractivity contribution in [1.82, 2.24) is 4.98 Å². The van der Waals surface area contributed by atoms with Gasteiger partial charge in [0.2, 0.25) is 5.91 Å². The largest absolute Gasteiger partial charge is 0.494 e. The first-order chi connectivity index (χ1) is 11.2.